The Labute approximate surface area is 283 Å². The van der Waals surface area contributed by atoms with E-state index in [1.807, 2.05) is 65.0 Å². The Bertz CT molecular complexity index is 1390. The molecule has 3 unspecified atom stereocenters. The van der Waals surface area contributed by atoms with Crippen LogP contribution in [0.5, 0.6) is 0 Å². The number of nitrogens with one attached hydrogen (secondary N) is 3. The smallest absolute Gasteiger partial charge is 0.328 e. The summed E-state index contributed by atoms with van der Waals surface area (Å²) in [6.07, 6.45) is 2.46. The van der Waals surface area contributed by atoms with Crippen molar-refractivity contribution in [3.63, 3.8) is 0 Å². The lowest BCUT2D eigenvalue weighted by molar-refractivity contribution is -0.147. The summed E-state index contributed by atoms with van der Waals surface area (Å²) in [6.45, 7) is 10.9. The predicted octanol–water partition coefficient (Wildman–Crippen LogP) is 2.84. The van der Waals surface area contributed by atoms with E-state index in [4.69, 9.17) is 4.74 Å². The maximum absolute atomic E-state index is 14.5. The summed E-state index contributed by atoms with van der Waals surface area (Å²) in [5.74, 6) is -3.26. The minimum Gasteiger partial charge on any atom is -0.467 e. The lowest BCUT2D eigenvalue weighted by Gasteiger charge is -2.51. The monoisotopic (exact) mass is 668 g/mol. The molecular formula is C36H52N4O8. The minimum absolute atomic E-state index is 0.00737. The van der Waals surface area contributed by atoms with Crippen molar-refractivity contribution < 1.29 is 38.2 Å². The highest BCUT2D eigenvalue weighted by Crippen LogP contribution is 2.47. The molecule has 0 fully saturated rings. The van der Waals surface area contributed by atoms with Crippen LogP contribution in [0.2, 0.25) is 0 Å². The summed E-state index contributed by atoms with van der Waals surface area (Å²) in [6, 6.07) is 5.56. The van der Waals surface area contributed by atoms with Crippen LogP contribution in [-0.4, -0.2) is 85.3 Å². The van der Waals surface area contributed by atoms with Gasteiger partial charge in [0.2, 0.25) is 17.7 Å². The molecule has 2 aliphatic rings. The molecular weight excluding hydrogens is 616 g/mol. The lowest BCUT2D eigenvalue weighted by atomic mass is 9.68. The third kappa shape index (κ3) is 9.23. The Morgan fingerprint density at radius 2 is 1.60 bits per heavy atom. The van der Waals surface area contributed by atoms with E-state index >= 15 is 0 Å². The first-order chi connectivity index (χ1) is 22.7. The van der Waals surface area contributed by atoms with Crippen molar-refractivity contribution in [3.05, 3.63) is 47.2 Å². The Balaban J connectivity index is 2.06. The molecule has 12 nitrogen and oxygen atoms in total. The number of carbonyl (C=O) groups is 6. The molecule has 1 heterocycles. The molecule has 1 aliphatic carbocycles. The lowest BCUT2D eigenvalue weighted by Crippen LogP contribution is -2.62. The molecule has 48 heavy (non-hydrogen) atoms. The van der Waals surface area contributed by atoms with Crippen LogP contribution in [-0.2, 0) is 44.7 Å². The van der Waals surface area contributed by atoms with Gasteiger partial charge in [-0.1, -0.05) is 71.4 Å². The largest absolute Gasteiger partial charge is 0.467 e. The van der Waals surface area contributed by atoms with Crippen molar-refractivity contribution in [3.8, 4) is 0 Å². The molecule has 3 amide bonds. The third-order valence-corrected chi connectivity index (χ3v) is 9.45. The summed E-state index contributed by atoms with van der Waals surface area (Å²) >= 11 is 0. The number of methoxy groups -OCH3 is 2. The second kappa shape index (κ2) is 16.7. The molecule has 0 bridgehead atoms. The Morgan fingerprint density at radius 1 is 0.958 bits per heavy atom. The van der Waals surface area contributed by atoms with Crippen molar-refractivity contribution in [1.82, 2.24) is 20.9 Å². The van der Waals surface area contributed by atoms with Crippen LogP contribution in [0.3, 0.4) is 0 Å². The van der Waals surface area contributed by atoms with Gasteiger partial charge in [0.1, 0.15) is 24.2 Å². The molecule has 1 aromatic carbocycles. The van der Waals surface area contributed by atoms with Gasteiger partial charge in [0, 0.05) is 24.1 Å². The van der Waals surface area contributed by atoms with Crippen molar-refractivity contribution >= 4 is 35.4 Å². The quantitative estimate of drug-likeness (QED) is 0.253. The number of esters is 2. The number of carbonyl (C=O) groups excluding carboxylic acids is 6. The molecule has 0 spiro atoms. The Hall–Kier alpha value is -4.22. The van der Waals surface area contributed by atoms with E-state index in [2.05, 4.69) is 20.7 Å². The molecule has 6 atom stereocenters. The van der Waals surface area contributed by atoms with E-state index in [1.165, 1.54) is 21.1 Å². The molecule has 3 N–H and O–H groups in total. The number of ether oxygens (including phenoxy) is 2. The van der Waals surface area contributed by atoms with Gasteiger partial charge in [0.05, 0.1) is 20.8 Å². The van der Waals surface area contributed by atoms with Gasteiger partial charge in [-0.05, 0) is 49.0 Å². The van der Waals surface area contributed by atoms with Crippen LogP contribution >= 0.6 is 0 Å². The fraction of sp³-hybridized carbons (Fsp3) is 0.611. The van der Waals surface area contributed by atoms with Gasteiger partial charge >= 0.3 is 11.9 Å². The molecule has 1 aliphatic heterocycles. The van der Waals surface area contributed by atoms with E-state index < -0.39 is 65.8 Å². The van der Waals surface area contributed by atoms with Crippen LogP contribution in [0.1, 0.15) is 79.2 Å². The number of allylic oxidation sites excluding steroid dienone is 2. The van der Waals surface area contributed by atoms with Crippen LogP contribution in [0.15, 0.2) is 41.6 Å². The zero-order valence-electron chi connectivity index (χ0n) is 29.5. The maximum atomic E-state index is 14.5. The van der Waals surface area contributed by atoms with E-state index in [-0.39, 0.29) is 30.5 Å². The summed E-state index contributed by atoms with van der Waals surface area (Å²) in [4.78, 5) is 81.5. The average molecular weight is 669 g/mol. The molecule has 0 radical (unpaired) electrons. The second-order valence-electron chi connectivity index (χ2n) is 13.7. The standard InChI is InChI=1S/C36H52N4O8/c1-9-21(3)31(33(44)39-25(35(46)48-8)16-23-14-12-11-13-15-23)40-26(32(43)37-20-29(42)38-22(4)34(45)47-7)17-24(10-2)30-27(40)18-36(5,6)19-28(30)41/h11-15,21-22,24-26,31H,9-10,16-20H2,1-8H3,(H,37,43)(H,38,42)(H,39,44)/t21?,22-,24+,25?,26+,31?/m0/s1. The summed E-state index contributed by atoms with van der Waals surface area (Å²) < 4.78 is 9.73. The van der Waals surface area contributed by atoms with E-state index in [9.17, 15) is 28.8 Å². The second-order valence-corrected chi connectivity index (χ2v) is 13.7. The number of nitrogens with zero attached hydrogens (tertiary/aromatic N) is 1. The Morgan fingerprint density at radius 3 is 2.19 bits per heavy atom. The highest BCUT2D eigenvalue weighted by molar-refractivity contribution is 5.99. The summed E-state index contributed by atoms with van der Waals surface area (Å²) in [5, 5.41) is 8.14. The molecule has 3 rings (SSSR count). The highest BCUT2D eigenvalue weighted by atomic mass is 16.5. The predicted molar refractivity (Wildman–Crippen MR) is 179 cm³/mol. The molecule has 0 saturated carbocycles. The number of Topliss-reactive ketones (excluding diaryl/α,β-unsaturated/α-hetero) is 1. The fourth-order valence-electron chi connectivity index (χ4n) is 6.79. The van der Waals surface area contributed by atoms with Gasteiger partial charge in [0.15, 0.2) is 5.78 Å². The molecule has 12 heteroatoms. The average Bonchev–Trinajstić information content (AvgIpc) is 3.05. The zero-order valence-corrected chi connectivity index (χ0v) is 29.5. The zero-order chi connectivity index (χ0) is 35.8. The summed E-state index contributed by atoms with van der Waals surface area (Å²) in [7, 11) is 2.48. The van der Waals surface area contributed by atoms with Gasteiger partial charge in [-0.3, -0.25) is 19.2 Å². The number of amides is 3. The van der Waals surface area contributed by atoms with E-state index in [0.29, 0.717) is 37.0 Å². The number of hydrogen-bond donors (Lipinski definition) is 3. The number of rotatable bonds is 14. The molecule has 0 aromatic heterocycles. The third-order valence-electron chi connectivity index (χ3n) is 9.45. The van der Waals surface area contributed by atoms with Gasteiger partial charge in [-0.25, -0.2) is 9.59 Å². The fourth-order valence-corrected chi connectivity index (χ4v) is 6.79. The van der Waals surface area contributed by atoms with E-state index in [1.54, 1.807) is 4.90 Å². The Kier molecular flexibility index (Phi) is 13.3. The number of benzene rings is 1. The van der Waals surface area contributed by atoms with Gasteiger partial charge < -0.3 is 30.3 Å². The maximum Gasteiger partial charge on any atom is 0.328 e. The topological polar surface area (TPSA) is 160 Å². The molecule has 264 valence electrons. The van der Waals surface area contributed by atoms with Crippen molar-refractivity contribution in [2.24, 2.45) is 17.3 Å². The molecule has 0 saturated heterocycles. The van der Waals surface area contributed by atoms with Crippen LogP contribution in [0.25, 0.3) is 0 Å². The van der Waals surface area contributed by atoms with E-state index in [0.717, 1.165) is 5.56 Å². The van der Waals surface area contributed by atoms with Crippen LogP contribution < -0.4 is 16.0 Å². The first-order valence-corrected chi connectivity index (χ1v) is 16.8. The first-order valence-electron chi connectivity index (χ1n) is 16.8. The first kappa shape index (κ1) is 38.2. The highest BCUT2D eigenvalue weighted by Gasteiger charge is 2.49. The van der Waals surface area contributed by atoms with Crippen molar-refractivity contribution in [2.45, 2.75) is 104 Å². The van der Waals surface area contributed by atoms with Gasteiger partial charge in [-0.15, -0.1) is 0 Å². The van der Waals surface area contributed by atoms with Crippen molar-refractivity contribution in [2.75, 3.05) is 20.8 Å². The van der Waals surface area contributed by atoms with Gasteiger partial charge in [-0.2, -0.15) is 0 Å². The van der Waals surface area contributed by atoms with Crippen molar-refractivity contribution in [1.29, 1.82) is 0 Å². The van der Waals surface area contributed by atoms with Crippen LogP contribution in [0, 0.1) is 17.3 Å². The summed E-state index contributed by atoms with van der Waals surface area (Å²) in [5.41, 5.74) is 1.73. The normalized spacial score (nSPS) is 21.2. The minimum atomic E-state index is -0.990. The SMILES string of the molecule is CCC(C)C(C(=O)NC(Cc1ccccc1)C(=O)OC)N1C2=C(C(=O)CC(C)(C)C2)[C@H](CC)C[C@@H]1C(=O)NCC(=O)N[C@@H](C)C(=O)OC. The van der Waals surface area contributed by atoms with Gasteiger partial charge in [0.25, 0.3) is 0 Å². The van der Waals surface area contributed by atoms with Crippen LogP contribution in [0.4, 0.5) is 0 Å². The number of ketones is 1. The molecule has 1 aromatic rings. The number of hydrogen-bond acceptors (Lipinski definition) is 9.